The van der Waals surface area contributed by atoms with Crippen LogP contribution in [-0.2, 0) is 9.84 Å². The van der Waals surface area contributed by atoms with E-state index < -0.39 is 9.84 Å². The first-order valence-electron chi connectivity index (χ1n) is 12.9. The van der Waals surface area contributed by atoms with E-state index in [2.05, 4.69) is 30.5 Å². The summed E-state index contributed by atoms with van der Waals surface area (Å²) < 4.78 is 46.2. The highest BCUT2D eigenvalue weighted by atomic mass is 32.2. The largest absolute Gasteiger partial charge is 0.493 e. The SMILES string of the molecule is COc1cc(Nc2nccc(Nc3cnc4c(c3)OCCO4)n2)ccc1OC1CC(N2CCS(=O)(=O)CC2)C1.[HH].[HH]. The minimum atomic E-state index is -2.87. The van der Waals surface area contributed by atoms with Gasteiger partial charge >= 0.3 is 0 Å². The molecule has 13 heteroatoms. The van der Waals surface area contributed by atoms with E-state index in [4.69, 9.17) is 18.9 Å². The second-order valence-electron chi connectivity index (χ2n) is 9.66. The Morgan fingerprint density at radius 3 is 2.64 bits per heavy atom. The van der Waals surface area contributed by atoms with Gasteiger partial charge in [-0.05, 0) is 18.2 Å². The van der Waals surface area contributed by atoms with Gasteiger partial charge in [0.25, 0.3) is 5.88 Å². The molecule has 0 unspecified atom stereocenters. The van der Waals surface area contributed by atoms with Gasteiger partial charge in [-0.3, -0.25) is 4.90 Å². The maximum absolute atomic E-state index is 11.7. The molecule has 0 spiro atoms. The molecule has 1 saturated heterocycles. The van der Waals surface area contributed by atoms with Gasteiger partial charge in [-0.25, -0.2) is 18.4 Å². The van der Waals surface area contributed by atoms with Crippen molar-refractivity contribution in [2.24, 2.45) is 0 Å². The standard InChI is InChI=1S/C26H30N6O6S.2H2/c1-35-22-12-17(2-3-21(22)38-20-14-19(15-20)32-6-10-39(33,34)11-7-32)30-26-27-5-4-24(31-26)29-18-13-23-25(28-16-18)37-9-8-36-23;;/h2-5,12-13,16,19-20H,6-11,14-15H2,1H3,(H2,27,29,30,31);2*1H. The van der Waals surface area contributed by atoms with E-state index in [9.17, 15) is 8.42 Å². The van der Waals surface area contributed by atoms with Gasteiger partial charge < -0.3 is 29.6 Å². The second kappa shape index (κ2) is 10.7. The highest BCUT2D eigenvalue weighted by Crippen LogP contribution is 2.37. The second-order valence-corrected chi connectivity index (χ2v) is 12.0. The van der Waals surface area contributed by atoms with Gasteiger partial charge in [0.2, 0.25) is 5.95 Å². The summed E-state index contributed by atoms with van der Waals surface area (Å²) in [5.74, 6) is 3.82. The molecule has 2 aliphatic heterocycles. The van der Waals surface area contributed by atoms with Crippen molar-refractivity contribution in [3.8, 4) is 23.1 Å². The maximum Gasteiger partial charge on any atom is 0.257 e. The zero-order valence-corrected chi connectivity index (χ0v) is 22.3. The average Bonchev–Trinajstić information content (AvgIpc) is 2.91. The number of nitrogens with one attached hydrogen (secondary N) is 2. The lowest BCUT2D eigenvalue weighted by atomic mass is 9.87. The van der Waals surface area contributed by atoms with Gasteiger partial charge in [-0.2, -0.15) is 4.98 Å². The monoisotopic (exact) mass is 558 g/mol. The number of rotatable bonds is 8. The number of fused-ring (bicyclic) bond motifs is 1. The van der Waals surface area contributed by atoms with Crippen molar-refractivity contribution in [1.29, 1.82) is 0 Å². The summed E-state index contributed by atoms with van der Waals surface area (Å²) in [5.41, 5.74) is 1.47. The minimum absolute atomic E-state index is 0. The number of hydrogen-bond acceptors (Lipinski definition) is 12. The lowest BCUT2D eigenvalue weighted by molar-refractivity contribution is 0.0198. The number of methoxy groups -OCH3 is 1. The van der Waals surface area contributed by atoms with Crippen LogP contribution in [0.25, 0.3) is 0 Å². The number of benzene rings is 1. The van der Waals surface area contributed by atoms with Crippen molar-refractivity contribution in [3.63, 3.8) is 0 Å². The van der Waals surface area contributed by atoms with E-state index in [0.717, 1.165) is 24.2 Å². The fraction of sp³-hybridized carbons (Fsp3) is 0.423. The third-order valence-corrected chi connectivity index (χ3v) is 8.61. The Morgan fingerprint density at radius 2 is 1.82 bits per heavy atom. The maximum atomic E-state index is 11.7. The van der Waals surface area contributed by atoms with Gasteiger partial charge in [-0.1, -0.05) is 0 Å². The molecule has 1 aromatic carbocycles. The fourth-order valence-corrected chi connectivity index (χ4v) is 6.04. The first kappa shape index (κ1) is 25.4. The van der Waals surface area contributed by atoms with E-state index in [1.165, 1.54) is 0 Å². The van der Waals surface area contributed by atoms with Gasteiger partial charge in [0, 0.05) is 58.8 Å². The highest BCUT2D eigenvalue weighted by molar-refractivity contribution is 7.91. The number of sulfone groups is 1. The van der Waals surface area contributed by atoms with E-state index >= 15 is 0 Å². The molecule has 3 aromatic rings. The summed E-state index contributed by atoms with van der Waals surface area (Å²) in [5, 5.41) is 6.42. The summed E-state index contributed by atoms with van der Waals surface area (Å²) in [7, 11) is -1.27. The molecule has 12 nitrogen and oxygen atoms in total. The number of nitrogens with zero attached hydrogens (tertiary/aromatic N) is 4. The molecule has 2 aromatic heterocycles. The first-order valence-corrected chi connectivity index (χ1v) is 14.7. The van der Waals surface area contributed by atoms with Crippen LogP contribution >= 0.6 is 0 Å². The van der Waals surface area contributed by atoms with Crippen molar-refractivity contribution in [2.45, 2.75) is 25.0 Å². The Bertz CT molecular complexity index is 1450. The zero-order valence-electron chi connectivity index (χ0n) is 21.5. The summed E-state index contributed by atoms with van der Waals surface area (Å²) >= 11 is 0. The van der Waals surface area contributed by atoms with Crippen LogP contribution in [0.5, 0.6) is 23.1 Å². The Hall–Kier alpha value is -3.84. The number of aromatic nitrogens is 3. The third kappa shape index (κ3) is 5.93. The van der Waals surface area contributed by atoms with Gasteiger partial charge in [0.1, 0.15) is 25.1 Å². The number of ether oxygens (including phenoxy) is 4. The van der Waals surface area contributed by atoms with Crippen molar-refractivity contribution in [3.05, 3.63) is 42.7 Å². The van der Waals surface area contributed by atoms with Gasteiger partial charge in [0.15, 0.2) is 27.1 Å². The highest BCUT2D eigenvalue weighted by Gasteiger charge is 2.37. The molecule has 210 valence electrons. The molecule has 1 saturated carbocycles. The predicted molar refractivity (Wildman–Crippen MR) is 149 cm³/mol. The molecular formula is C26H34N6O6S. The first-order chi connectivity index (χ1) is 18.9. The molecule has 0 atom stereocenters. The van der Waals surface area contributed by atoms with Crippen LogP contribution in [0.3, 0.4) is 0 Å². The zero-order chi connectivity index (χ0) is 26.8. The minimum Gasteiger partial charge on any atom is -0.493 e. The smallest absolute Gasteiger partial charge is 0.257 e. The van der Waals surface area contributed by atoms with E-state index in [-0.39, 0.29) is 20.5 Å². The number of hydrogen-bond donors (Lipinski definition) is 2. The van der Waals surface area contributed by atoms with Crippen LogP contribution in [0, 0.1) is 0 Å². The summed E-state index contributed by atoms with van der Waals surface area (Å²) in [6, 6.07) is 9.54. The van der Waals surface area contributed by atoms with Crippen molar-refractivity contribution >= 4 is 33.0 Å². The van der Waals surface area contributed by atoms with Crippen LogP contribution in [-0.4, -0.2) is 85.3 Å². The molecule has 39 heavy (non-hydrogen) atoms. The molecule has 0 amide bonds. The molecular weight excluding hydrogens is 524 g/mol. The fourth-order valence-electron chi connectivity index (χ4n) is 4.81. The topological polar surface area (TPSA) is 137 Å². The molecule has 0 radical (unpaired) electrons. The van der Waals surface area contributed by atoms with Crippen LogP contribution in [0.4, 0.5) is 23.1 Å². The van der Waals surface area contributed by atoms with E-state index in [1.807, 2.05) is 24.3 Å². The van der Waals surface area contributed by atoms with Crippen LogP contribution < -0.4 is 29.6 Å². The lowest BCUT2D eigenvalue weighted by Crippen LogP contribution is -2.54. The molecule has 2 fully saturated rings. The van der Waals surface area contributed by atoms with Gasteiger partial charge in [0.05, 0.1) is 30.5 Å². The predicted octanol–water partition coefficient (Wildman–Crippen LogP) is 3.27. The Labute approximate surface area is 229 Å². The molecule has 6 rings (SSSR count). The average molecular weight is 559 g/mol. The molecule has 2 N–H and O–H groups in total. The summed E-state index contributed by atoms with van der Waals surface area (Å²) in [6.07, 6.45) is 5.13. The molecule has 1 aliphatic carbocycles. The van der Waals surface area contributed by atoms with Crippen LogP contribution in [0.1, 0.15) is 15.7 Å². The van der Waals surface area contributed by atoms with E-state index in [1.54, 1.807) is 25.6 Å². The quantitative estimate of drug-likeness (QED) is 0.420. The van der Waals surface area contributed by atoms with Crippen molar-refractivity contribution in [2.75, 3.05) is 55.6 Å². The number of pyridine rings is 1. The van der Waals surface area contributed by atoms with E-state index in [0.29, 0.717) is 67.2 Å². The Balaban J connectivity index is 0.00000194. The van der Waals surface area contributed by atoms with Crippen molar-refractivity contribution < 1.29 is 30.2 Å². The third-order valence-electron chi connectivity index (χ3n) is 7.00. The molecule has 3 aliphatic rings. The van der Waals surface area contributed by atoms with Gasteiger partial charge in [-0.15, -0.1) is 0 Å². The molecule has 0 bridgehead atoms. The molecule has 4 heterocycles. The number of anilines is 4. The summed E-state index contributed by atoms with van der Waals surface area (Å²) in [4.78, 5) is 15.4. The van der Waals surface area contributed by atoms with Crippen LogP contribution in [0.15, 0.2) is 42.7 Å². The Kier molecular flexibility index (Phi) is 7.00. The van der Waals surface area contributed by atoms with Crippen LogP contribution in [0.2, 0.25) is 0 Å². The normalized spacial score (nSPS) is 21.9. The van der Waals surface area contributed by atoms with Crippen molar-refractivity contribution in [1.82, 2.24) is 19.9 Å². The Morgan fingerprint density at radius 1 is 1.00 bits per heavy atom. The lowest BCUT2D eigenvalue weighted by Gasteiger charge is -2.44. The summed E-state index contributed by atoms with van der Waals surface area (Å²) in [6.45, 7) is 2.19.